The van der Waals surface area contributed by atoms with Crippen molar-refractivity contribution in [2.24, 2.45) is 16.8 Å². The molecule has 3 aromatic carbocycles. The van der Waals surface area contributed by atoms with E-state index in [-0.39, 0.29) is 30.3 Å². The molecule has 10 aliphatic rings. The zero-order valence-electron chi connectivity index (χ0n) is 41.3. The third-order valence-corrected chi connectivity index (χ3v) is 17.6. The van der Waals surface area contributed by atoms with Crippen LogP contribution < -0.4 is 15.0 Å². The number of rotatable bonds is 8. The SMILES string of the molecule is CN1C(C2=CCCC=C2)=NC(c2ccccc2)N(C)C1C1=C(C2C=CC3Oc4ccc5c(c4C3C2)C2CC=CC=C2N5C2CCCCC2)NCC(C2=CC(C3C=CCCC3)=C(c3ccccc3)CC2)=C1. The van der Waals surface area contributed by atoms with Gasteiger partial charge in [0.15, 0.2) is 0 Å². The van der Waals surface area contributed by atoms with E-state index < -0.39 is 0 Å². The van der Waals surface area contributed by atoms with Gasteiger partial charge in [-0.05, 0) is 147 Å². The summed E-state index contributed by atoms with van der Waals surface area (Å²) in [6.45, 7) is 0.816. The molecule has 1 fully saturated rings. The van der Waals surface area contributed by atoms with Crippen molar-refractivity contribution in [3.05, 3.63) is 207 Å². The Balaban J connectivity index is 0.936. The Morgan fingerprint density at radius 1 is 0.729 bits per heavy atom. The molecule has 6 aliphatic carbocycles. The van der Waals surface area contributed by atoms with Crippen LogP contribution in [-0.4, -0.2) is 54.6 Å². The lowest BCUT2D eigenvalue weighted by molar-refractivity contribution is 0.101. The molecule has 0 spiro atoms. The molecule has 3 aromatic rings. The van der Waals surface area contributed by atoms with Gasteiger partial charge in [-0.3, -0.25) is 4.90 Å². The zero-order chi connectivity index (χ0) is 46.7. The number of nitrogens with one attached hydrogen (secondary N) is 1. The van der Waals surface area contributed by atoms with Gasteiger partial charge in [0.1, 0.15) is 30.0 Å². The highest BCUT2D eigenvalue weighted by molar-refractivity contribution is 6.01. The van der Waals surface area contributed by atoms with E-state index in [4.69, 9.17) is 9.73 Å². The van der Waals surface area contributed by atoms with Crippen LogP contribution in [0.3, 0.4) is 0 Å². The first-order valence-electron chi connectivity index (χ1n) is 27.0. The van der Waals surface area contributed by atoms with Crippen LogP contribution in [0.4, 0.5) is 5.69 Å². The summed E-state index contributed by atoms with van der Waals surface area (Å²) in [7, 11) is 4.59. The first-order valence-corrected chi connectivity index (χ1v) is 27.0. The van der Waals surface area contributed by atoms with Gasteiger partial charge in [0.05, 0.1) is 0 Å². The van der Waals surface area contributed by atoms with Crippen molar-refractivity contribution in [1.29, 1.82) is 0 Å². The van der Waals surface area contributed by atoms with Crippen LogP contribution in [0.1, 0.15) is 130 Å². The summed E-state index contributed by atoms with van der Waals surface area (Å²) in [6, 6.07) is 27.5. The molecule has 356 valence electrons. The average Bonchev–Trinajstić information content (AvgIpc) is 3.97. The number of likely N-dealkylation sites (N-methyl/N-ethyl adjacent to an activating group) is 2. The number of benzene rings is 3. The monoisotopic (exact) mass is 924 g/mol. The molecule has 7 unspecified atom stereocenters. The van der Waals surface area contributed by atoms with Gasteiger partial charge in [0.2, 0.25) is 0 Å². The number of anilines is 1. The summed E-state index contributed by atoms with van der Waals surface area (Å²) in [5.74, 6) is 3.49. The zero-order valence-corrected chi connectivity index (χ0v) is 41.3. The normalized spacial score (nSPS) is 29.6. The summed E-state index contributed by atoms with van der Waals surface area (Å²) in [5.41, 5.74) is 18.5. The van der Waals surface area contributed by atoms with Crippen LogP contribution in [0.25, 0.3) is 5.57 Å². The average molecular weight is 924 g/mol. The minimum atomic E-state index is -0.140. The van der Waals surface area contributed by atoms with Crippen molar-refractivity contribution in [2.75, 3.05) is 25.5 Å². The van der Waals surface area contributed by atoms with Crippen molar-refractivity contribution in [1.82, 2.24) is 15.1 Å². The molecule has 0 radical (unpaired) electrons. The van der Waals surface area contributed by atoms with Gasteiger partial charge in [-0.25, -0.2) is 4.99 Å². The van der Waals surface area contributed by atoms with E-state index in [0.717, 1.165) is 56.7 Å². The molecule has 4 heterocycles. The molecule has 6 nitrogen and oxygen atoms in total. The lowest BCUT2D eigenvalue weighted by Crippen LogP contribution is -2.55. The topological polar surface area (TPSA) is 43.3 Å². The fourth-order valence-corrected chi connectivity index (χ4v) is 14.3. The standard InChI is InChI=1S/C64H69N5O/c1-67-62(44-24-12-5-13-25-44)66-63(45-26-14-6-15-27-45)68(2)64(67)54-40-48(46-32-34-50(42-20-8-3-9-21-42)52(38-46)43-22-10-4-11-23-43)41-65-61(54)47-33-36-57-53(39-47)60-58(70-57)37-35-56-59(60)51-30-18-19-31-55(51)69(56)49-28-16-7-17-29-49/h3,5,8-10,12-14,18-22,24-27,31,33,35-38,40,43,47,49,51,53,57,62,64-65H,4,6-7,11,15-17,23,28-30,32,34,39,41H2,1-2H3. The van der Waals surface area contributed by atoms with Gasteiger partial charge in [0, 0.05) is 77.1 Å². The number of dihydropyridines is 1. The summed E-state index contributed by atoms with van der Waals surface area (Å²) >= 11 is 0. The van der Waals surface area contributed by atoms with E-state index in [1.165, 1.54) is 119 Å². The Hall–Kier alpha value is -6.11. The highest BCUT2D eigenvalue weighted by Gasteiger charge is 2.48. The number of amidine groups is 1. The highest BCUT2D eigenvalue weighted by Crippen LogP contribution is 2.58. The van der Waals surface area contributed by atoms with Crippen LogP contribution >= 0.6 is 0 Å². The largest absolute Gasteiger partial charge is 0.485 e. The van der Waals surface area contributed by atoms with E-state index >= 15 is 0 Å². The van der Waals surface area contributed by atoms with E-state index in [1.54, 1.807) is 5.56 Å². The predicted octanol–water partition coefficient (Wildman–Crippen LogP) is 14.1. The summed E-state index contributed by atoms with van der Waals surface area (Å²) in [5, 5.41) is 4.26. The Morgan fingerprint density at radius 3 is 2.39 bits per heavy atom. The molecule has 4 aliphatic heterocycles. The second-order valence-electron chi connectivity index (χ2n) is 21.6. The Kier molecular flexibility index (Phi) is 11.6. The fraction of sp³-hybridized carbons (Fsp3) is 0.391. The quantitative estimate of drug-likeness (QED) is 0.228. The number of hydrogen-bond donors (Lipinski definition) is 1. The Bertz CT molecular complexity index is 2900. The Labute approximate surface area is 416 Å². The van der Waals surface area contributed by atoms with Crippen molar-refractivity contribution < 1.29 is 4.74 Å². The van der Waals surface area contributed by atoms with Crippen LogP contribution in [0.2, 0.25) is 0 Å². The van der Waals surface area contributed by atoms with Crippen LogP contribution in [-0.2, 0) is 0 Å². The van der Waals surface area contributed by atoms with E-state index in [9.17, 15) is 0 Å². The minimum Gasteiger partial charge on any atom is -0.485 e. The molecule has 1 saturated carbocycles. The highest BCUT2D eigenvalue weighted by atomic mass is 16.5. The van der Waals surface area contributed by atoms with Crippen molar-refractivity contribution >= 4 is 17.1 Å². The molecule has 7 atom stereocenters. The molecule has 0 saturated heterocycles. The molecule has 1 N–H and O–H groups in total. The molecule has 0 bridgehead atoms. The van der Waals surface area contributed by atoms with Gasteiger partial charge in [-0.15, -0.1) is 0 Å². The Morgan fingerprint density at radius 2 is 1.57 bits per heavy atom. The summed E-state index contributed by atoms with van der Waals surface area (Å²) in [4.78, 5) is 13.4. The molecule has 70 heavy (non-hydrogen) atoms. The first kappa shape index (κ1) is 43.9. The molecular weight excluding hydrogens is 855 g/mol. The maximum absolute atomic E-state index is 7.00. The van der Waals surface area contributed by atoms with Gasteiger partial charge in [-0.1, -0.05) is 135 Å². The number of ether oxygens (including phenoxy) is 1. The number of fused-ring (bicyclic) bond motifs is 7. The van der Waals surface area contributed by atoms with Crippen LogP contribution in [0.5, 0.6) is 5.75 Å². The minimum absolute atomic E-state index is 0.0447. The maximum Gasteiger partial charge on any atom is 0.133 e. The summed E-state index contributed by atoms with van der Waals surface area (Å²) in [6.07, 6.45) is 45.6. The van der Waals surface area contributed by atoms with E-state index in [2.05, 4.69) is 180 Å². The smallest absolute Gasteiger partial charge is 0.133 e. The van der Waals surface area contributed by atoms with E-state index in [0.29, 0.717) is 17.9 Å². The van der Waals surface area contributed by atoms with Gasteiger partial charge < -0.3 is 19.9 Å². The fourth-order valence-electron chi connectivity index (χ4n) is 14.3. The molecule has 6 heteroatoms. The van der Waals surface area contributed by atoms with Crippen LogP contribution in [0, 0.1) is 11.8 Å². The third-order valence-electron chi connectivity index (χ3n) is 17.6. The molecular formula is C64H69N5O. The number of hydrogen-bond acceptors (Lipinski definition) is 6. The van der Waals surface area contributed by atoms with Gasteiger partial charge >= 0.3 is 0 Å². The number of aliphatic imine (C=N–C) groups is 1. The molecule has 0 aromatic heterocycles. The second kappa shape index (κ2) is 18.6. The number of nitrogens with zero attached hydrogens (tertiary/aromatic N) is 4. The lowest BCUT2D eigenvalue weighted by Gasteiger charge is -2.47. The third kappa shape index (κ3) is 7.68. The van der Waals surface area contributed by atoms with E-state index in [1.807, 2.05) is 0 Å². The first-order chi connectivity index (χ1) is 34.6. The number of allylic oxidation sites excluding steroid dienone is 12. The molecule has 13 rings (SSSR count). The van der Waals surface area contributed by atoms with Crippen molar-refractivity contribution in [3.8, 4) is 5.75 Å². The predicted molar refractivity (Wildman–Crippen MR) is 287 cm³/mol. The van der Waals surface area contributed by atoms with Gasteiger partial charge in [-0.2, -0.15) is 0 Å². The van der Waals surface area contributed by atoms with Crippen molar-refractivity contribution in [2.45, 2.75) is 126 Å². The summed E-state index contributed by atoms with van der Waals surface area (Å²) < 4.78 is 7.00. The lowest BCUT2D eigenvalue weighted by atomic mass is 9.74. The van der Waals surface area contributed by atoms with Gasteiger partial charge in [0.25, 0.3) is 0 Å². The second-order valence-corrected chi connectivity index (χ2v) is 21.6. The van der Waals surface area contributed by atoms with Crippen LogP contribution in [0.15, 0.2) is 190 Å². The maximum atomic E-state index is 7.00. The molecule has 0 amide bonds. The van der Waals surface area contributed by atoms with Crippen molar-refractivity contribution in [3.63, 3.8) is 0 Å².